The first kappa shape index (κ1) is 31.8. The number of hydrogen-bond donors (Lipinski definition) is 2. The first-order chi connectivity index (χ1) is 21.4. The number of benzene rings is 3. The molecule has 11 heteroatoms. The largest absolute Gasteiger partial charge is 0.373 e. The number of nitrogens with zero attached hydrogens (tertiary/aromatic N) is 3. The lowest BCUT2D eigenvalue weighted by Gasteiger charge is -2.28. The van der Waals surface area contributed by atoms with Crippen LogP contribution in [0, 0.1) is 5.82 Å². The van der Waals surface area contributed by atoms with Gasteiger partial charge in [-0.25, -0.2) is 14.4 Å². The van der Waals surface area contributed by atoms with Crippen molar-refractivity contribution < 1.29 is 22.7 Å². The fourth-order valence-electron chi connectivity index (χ4n) is 4.89. The monoisotopic (exact) mass is 617 g/mol. The van der Waals surface area contributed by atoms with Crippen LogP contribution in [0.2, 0.25) is 0 Å². The predicted octanol–water partition coefficient (Wildman–Crippen LogP) is 7.71. The molecule has 0 radical (unpaired) electrons. The van der Waals surface area contributed by atoms with E-state index in [2.05, 4.69) is 27.0 Å². The zero-order valence-corrected chi connectivity index (χ0v) is 25.8. The molecule has 3 aromatic carbocycles. The second-order valence-corrected chi connectivity index (χ2v) is 11.9. The lowest BCUT2D eigenvalue weighted by molar-refractivity contribution is 0.0480. The first-order valence-electron chi connectivity index (χ1n) is 14.4. The van der Waals surface area contributed by atoms with Crippen molar-refractivity contribution in [3.8, 4) is 11.1 Å². The predicted molar refractivity (Wildman–Crippen MR) is 171 cm³/mol. The van der Waals surface area contributed by atoms with Gasteiger partial charge in [-0.2, -0.15) is 0 Å². The zero-order valence-electron chi connectivity index (χ0n) is 24.9. The second kappa shape index (κ2) is 14.9. The van der Waals surface area contributed by atoms with Crippen molar-refractivity contribution in [2.45, 2.75) is 51.6 Å². The number of aromatic nitrogens is 2. The van der Waals surface area contributed by atoms with E-state index in [1.807, 2.05) is 74.5 Å². The van der Waals surface area contributed by atoms with Crippen LogP contribution in [0.1, 0.15) is 55.3 Å². The quantitative estimate of drug-likeness (QED) is 0.0841. The molecular weight excluding hydrogens is 580 g/mol. The highest BCUT2D eigenvalue weighted by Gasteiger charge is 2.32. The van der Waals surface area contributed by atoms with Crippen molar-refractivity contribution in [1.82, 2.24) is 9.97 Å². The summed E-state index contributed by atoms with van der Waals surface area (Å²) in [5.41, 5.74) is 8.89. The lowest BCUT2D eigenvalue weighted by atomic mass is 9.96. The smallest absolute Gasteiger partial charge is 0.334 e. The number of hydrogen-bond acceptors (Lipinski definition) is 9. The topological polar surface area (TPSA) is 113 Å². The molecule has 0 bridgehead atoms. The van der Waals surface area contributed by atoms with E-state index in [1.165, 1.54) is 0 Å². The number of rotatable bonds is 14. The van der Waals surface area contributed by atoms with Crippen LogP contribution in [0.25, 0.3) is 11.1 Å². The molecule has 1 atom stereocenters. The molecule has 0 saturated carbocycles. The number of nitrogens with two attached hydrogens (primary N) is 1. The summed E-state index contributed by atoms with van der Waals surface area (Å²) in [6.45, 7) is 8.69. The first-order valence-corrected chi connectivity index (χ1v) is 15.5. The lowest BCUT2D eigenvalue weighted by Crippen LogP contribution is -2.23. The van der Waals surface area contributed by atoms with Crippen molar-refractivity contribution in [3.05, 3.63) is 107 Å². The van der Waals surface area contributed by atoms with Crippen LogP contribution in [-0.2, 0) is 37.1 Å². The van der Waals surface area contributed by atoms with E-state index in [0.29, 0.717) is 60.1 Å². The van der Waals surface area contributed by atoms with E-state index in [0.717, 1.165) is 17.5 Å². The summed E-state index contributed by atoms with van der Waals surface area (Å²) in [6, 6.07) is 21.3. The standard InChI is InChI=1S/C33H37FN5O4P/c1-33(2,43-44(41-20-23-11-6-4-7-12-23)42-21-24-13-8-5-9-14-24)32-37-18-25(19-38-32)26-17-27(36-3)31(39-22-35)29(30(26)34)28-15-10-16-40-28/h4-9,11-14,17-19,28,39H,3,10,15-16,20-22,35H2,1-2H3. The third-order valence-corrected chi connectivity index (χ3v) is 8.43. The Bertz CT molecular complexity index is 1480. The van der Waals surface area contributed by atoms with Crippen LogP contribution in [0.4, 0.5) is 15.8 Å². The molecule has 1 aromatic heterocycles. The van der Waals surface area contributed by atoms with Crippen molar-refractivity contribution in [2.24, 2.45) is 10.7 Å². The van der Waals surface area contributed by atoms with Gasteiger partial charge in [0.2, 0.25) is 0 Å². The van der Waals surface area contributed by atoms with Gasteiger partial charge in [-0.15, -0.1) is 0 Å². The molecule has 0 amide bonds. The van der Waals surface area contributed by atoms with Gasteiger partial charge in [0.05, 0.1) is 37.4 Å². The number of ether oxygens (including phenoxy) is 1. The molecule has 44 heavy (non-hydrogen) atoms. The van der Waals surface area contributed by atoms with E-state index in [1.54, 1.807) is 18.5 Å². The number of halogens is 1. The molecule has 230 valence electrons. The summed E-state index contributed by atoms with van der Waals surface area (Å²) >= 11 is 0. The Morgan fingerprint density at radius 2 is 1.66 bits per heavy atom. The van der Waals surface area contributed by atoms with E-state index in [-0.39, 0.29) is 6.67 Å². The van der Waals surface area contributed by atoms with Crippen molar-refractivity contribution in [1.29, 1.82) is 0 Å². The van der Waals surface area contributed by atoms with Gasteiger partial charge in [0.25, 0.3) is 0 Å². The Kier molecular flexibility index (Phi) is 10.8. The van der Waals surface area contributed by atoms with Crippen molar-refractivity contribution in [2.75, 3.05) is 18.6 Å². The summed E-state index contributed by atoms with van der Waals surface area (Å²) in [4.78, 5) is 13.3. The van der Waals surface area contributed by atoms with Gasteiger partial charge in [-0.05, 0) is 50.6 Å². The minimum atomic E-state index is -1.79. The van der Waals surface area contributed by atoms with E-state index < -0.39 is 26.1 Å². The number of anilines is 1. The van der Waals surface area contributed by atoms with Gasteiger partial charge < -0.3 is 24.8 Å². The summed E-state index contributed by atoms with van der Waals surface area (Å²) in [5.74, 6) is -0.0390. The Balaban J connectivity index is 1.38. The molecule has 1 aliphatic rings. The van der Waals surface area contributed by atoms with Crippen LogP contribution in [-0.4, -0.2) is 30.0 Å². The SMILES string of the molecule is C=Nc1cc(-c2cnc(C(C)(C)OP(OCc3ccccc3)OCc3ccccc3)nc2)c(F)c(C2CCCO2)c1NCN. The van der Waals surface area contributed by atoms with Crippen molar-refractivity contribution >= 4 is 26.7 Å². The van der Waals surface area contributed by atoms with Gasteiger partial charge in [0, 0.05) is 35.7 Å². The third kappa shape index (κ3) is 7.71. The molecule has 5 rings (SSSR count). The third-order valence-electron chi connectivity index (χ3n) is 7.14. The molecule has 4 aromatic rings. The molecule has 9 nitrogen and oxygen atoms in total. The maximum Gasteiger partial charge on any atom is 0.334 e. The Morgan fingerprint density at radius 1 is 1.05 bits per heavy atom. The Labute approximate surface area is 258 Å². The van der Waals surface area contributed by atoms with Crippen LogP contribution in [0.3, 0.4) is 0 Å². The van der Waals surface area contributed by atoms with Gasteiger partial charge in [-0.1, -0.05) is 60.7 Å². The van der Waals surface area contributed by atoms with Crippen LogP contribution in [0.5, 0.6) is 0 Å². The molecule has 0 aliphatic carbocycles. The van der Waals surface area contributed by atoms with Gasteiger partial charge in [0.1, 0.15) is 11.4 Å². The van der Waals surface area contributed by atoms with Crippen LogP contribution < -0.4 is 11.1 Å². The zero-order chi connectivity index (χ0) is 30.9. The van der Waals surface area contributed by atoms with Crippen LogP contribution in [0.15, 0.2) is 84.1 Å². The Morgan fingerprint density at radius 3 is 2.18 bits per heavy atom. The summed E-state index contributed by atoms with van der Waals surface area (Å²) in [5, 5.41) is 3.03. The van der Waals surface area contributed by atoms with E-state index in [4.69, 9.17) is 24.0 Å². The van der Waals surface area contributed by atoms with Crippen LogP contribution >= 0.6 is 8.60 Å². The average molecular weight is 618 g/mol. The van der Waals surface area contributed by atoms with Crippen molar-refractivity contribution in [3.63, 3.8) is 0 Å². The Hall–Kier alpha value is -3.63. The number of aliphatic imine (C=N–C) groups is 1. The van der Waals surface area contributed by atoms with Gasteiger partial charge >= 0.3 is 8.60 Å². The fourth-order valence-corrected chi connectivity index (χ4v) is 6.04. The summed E-state index contributed by atoms with van der Waals surface area (Å²) in [6.07, 6.45) is 4.27. The second-order valence-electron chi connectivity index (χ2n) is 10.7. The van der Waals surface area contributed by atoms with Gasteiger partial charge in [0.15, 0.2) is 5.82 Å². The molecule has 3 N–H and O–H groups in total. The molecular formula is C33H37FN5O4P. The van der Waals surface area contributed by atoms with E-state index >= 15 is 4.39 Å². The highest BCUT2D eigenvalue weighted by Crippen LogP contribution is 2.48. The highest BCUT2D eigenvalue weighted by atomic mass is 31.2. The summed E-state index contributed by atoms with van der Waals surface area (Å²) in [7, 11) is -1.79. The molecule has 1 unspecified atom stereocenters. The van der Waals surface area contributed by atoms with Gasteiger partial charge in [-0.3, -0.25) is 9.52 Å². The molecule has 1 saturated heterocycles. The maximum atomic E-state index is 16.1. The highest BCUT2D eigenvalue weighted by molar-refractivity contribution is 7.41. The minimum absolute atomic E-state index is 0.112. The molecule has 1 aliphatic heterocycles. The average Bonchev–Trinajstić information content (AvgIpc) is 3.58. The number of nitrogens with one attached hydrogen (secondary N) is 1. The molecule has 1 fully saturated rings. The normalized spacial score (nSPS) is 15.1. The molecule has 2 heterocycles. The minimum Gasteiger partial charge on any atom is -0.373 e. The maximum absolute atomic E-state index is 16.1. The van der Waals surface area contributed by atoms with E-state index in [9.17, 15) is 0 Å². The summed E-state index contributed by atoms with van der Waals surface area (Å²) < 4.78 is 40.6. The fraction of sp³-hybridized carbons (Fsp3) is 0.303. The molecule has 0 spiro atoms.